The number of carbonyl (C=O) groups excluding carboxylic acids is 1. The van der Waals surface area contributed by atoms with Crippen molar-refractivity contribution < 1.29 is 4.79 Å². The smallest absolute Gasteiger partial charge is 0.221 e. The summed E-state index contributed by atoms with van der Waals surface area (Å²) >= 11 is 1.71. The van der Waals surface area contributed by atoms with E-state index >= 15 is 0 Å². The molecule has 0 aromatic carbocycles. The largest absolute Gasteiger partial charge is 0.353 e. The Morgan fingerprint density at radius 3 is 3.00 bits per heavy atom. The molecule has 1 saturated carbocycles. The molecule has 82 valence electrons. The van der Waals surface area contributed by atoms with Gasteiger partial charge in [0.1, 0.15) is 0 Å². The van der Waals surface area contributed by atoms with E-state index < -0.39 is 0 Å². The molecule has 0 spiro atoms. The van der Waals surface area contributed by atoms with Crippen LogP contribution in [0.25, 0.3) is 0 Å². The number of amides is 1. The van der Waals surface area contributed by atoms with Crippen LogP contribution >= 0.6 is 11.8 Å². The van der Waals surface area contributed by atoms with Crippen LogP contribution < -0.4 is 11.1 Å². The van der Waals surface area contributed by atoms with Gasteiger partial charge in [0, 0.05) is 18.2 Å². The number of hydrogen-bond acceptors (Lipinski definition) is 3. The zero-order chi connectivity index (χ0) is 10.4. The number of thioether (sulfide) groups is 1. The fourth-order valence-electron chi connectivity index (χ4n) is 1.98. The maximum Gasteiger partial charge on any atom is 0.221 e. The molecule has 3 nitrogen and oxygen atoms in total. The zero-order valence-corrected chi connectivity index (χ0v) is 9.61. The quantitative estimate of drug-likeness (QED) is 0.720. The van der Waals surface area contributed by atoms with Gasteiger partial charge in [0.05, 0.1) is 0 Å². The van der Waals surface area contributed by atoms with Crippen molar-refractivity contribution in [1.29, 1.82) is 0 Å². The van der Waals surface area contributed by atoms with Crippen LogP contribution in [0, 0.1) is 5.92 Å². The fraction of sp³-hybridized carbons (Fsp3) is 0.900. The fourth-order valence-corrected chi connectivity index (χ4v) is 2.37. The summed E-state index contributed by atoms with van der Waals surface area (Å²) < 4.78 is 0. The van der Waals surface area contributed by atoms with Gasteiger partial charge >= 0.3 is 0 Å². The van der Waals surface area contributed by atoms with Crippen LogP contribution in [0.1, 0.15) is 25.7 Å². The Balaban J connectivity index is 2.25. The Hall–Kier alpha value is -0.220. The Labute approximate surface area is 90.2 Å². The molecule has 0 heterocycles. The number of rotatable bonds is 5. The van der Waals surface area contributed by atoms with Crippen LogP contribution in [-0.2, 0) is 4.79 Å². The van der Waals surface area contributed by atoms with E-state index in [0.29, 0.717) is 24.9 Å². The van der Waals surface area contributed by atoms with Gasteiger partial charge in [-0.3, -0.25) is 4.79 Å². The summed E-state index contributed by atoms with van der Waals surface area (Å²) in [5.74, 6) is 1.60. The van der Waals surface area contributed by atoms with Crippen LogP contribution in [0.5, 0.6) is 0 Å². The van der Waals surface area contributed by atoms with Crippen LogP contribution in [-0.4, -0.2) is 30.5 Å². The molecule has 1 aliphatic rings. The van der Waals surface area contributed by atoms with E-state index in [1.165, 1.54) is 12.8 Å². The van der Waals surface area contributed by atoms with Crippen molar-refractivity contribution in [1.82, 2.24) is 5.32 Å². The molecule has 1 rings (SSSR count). The summed E-state index contributed by atoms with van der Waals surface area (Å²) in [5.41, 5.74) is 5.64. The maximum atomic E-state index is 11.5. The van der Waals surface area contributed by atoms with Crippen LogP contribution in [0.3, 0.4) is 0 Å². The van der Waals surface area contributed by atoms with Gasteiger partial charge < -0.3 is 11.1 Å². The van der Waals surface area contributed by atoms with Crippen molar-refractivity contribution in [2.45, 2.75) is 31.7 Å². The second-order valence-corrected chi connectivity index (χ2v) is 4.83. The first kappa shape index (κ1) is 11.9. The molecule has 1 aliphatic carbocycles. The van der Waals surface area contributed by atoms with Gasteiger partial charge in [-0.2, -0.15) is 11.8 Å². The van der Waals surface area contributed by atoms with E-state index in [2.05, 4.69) is 5.32 Å². The Bertz CT molecular complexity index is 187. The lowest BCUT2D eigenvalue weighted by Gasteiger charge is -2.19. The van der Waals surface area contributed by atoms with E-state index in [1.807, 2.05) is 6.26 Å². The lowest BCUT2D eigenvalue weighted by atomic mass is 10.0. The van der Waals surface area contributed by atoms with Gasteiger partial charge in [-0.1, -0.05) is 6.42 Å². The number of nitrogens with two attached hydrogens (primary N) is 1. The summed E-state index contributed by atoms with van der Waals surface area (Å²) in [6, 6.07) is 0.342. The van der Waals surface area contributed by atoms with E-state index in [-0.39, 0.29) is 5.91 Å². The van der Waals surface area contributed by atoms with Crippen molar-refractivity contribution in [3.8, 4) is 0 Å². The van der Waals surface area contributed by atoms with E-state index in [0.717, 1.165) is 12.2 Å². The van der Waals surface area contributed by atoms with Crippen LogP contribution in [0.4, 0.5) is 0 Å². The molecule has 0 aliphatic heterocycles. The Morgan fingerprint density at radius 2 is 2.36 bits per heavy atom. The molecule has 0 aromatic heterocycles. The average Bonchev–Trinajstić information content (AvgIpc) is 2.62. The van der Waals surface area contributed by atoms with Crippen molar-refractivity contribution in [3.63, 3.8) is 0 Å². The first-order chi connectivity index (χ1) is 6.77. The van der Waals surface area contributed by atoms with E-state index in [9.17, 15) is 4.79 Å². The third kappa shape index (κ3) is 3.50. The van der Waals surface area contributed by atoms with Gasteiger partial charge in [-0.15, -0.1) is 0 Å². The van der Waals surface area contributed by atoms with Gasteiger partial charge in [-0.25, -0.2) is 0 Å². The van der Waals surface area contributed by atoms with Crippen molar-refractivity contribution in [2.75, 3.05) is 18.6 Å². The summed E-state index contributed by atoms with van der Waals surface area (Å²) in [7, 11) is 0. The standard InChI is InChI=1S/C10H20N2OS/c1-14-6-5-10(13)12-9-4-2-3-8(9)7-11/h8-9H,2-7,11H2,1H3,(H,12,13). The van der Waals surface area contributed by atoms with Crippen molar-refractivity contribution in [2.24, 2.45) is 11.7 Å². The monoisotopic (exact) mass is 216 g/mol. The molecule has 3 N–H and O–H groups in total. The van der Waals surface area contributed by atoms with Gasteiger partial charge in [0.2, 0.25) is 5.91 Å². The molecule has 14 heavy (non-hydrogen) atoms. The second kappa shape index (κ2) is 6.30. The lowest BCUT2D eigenvalue weighted by Crippen LogP contribution is -2.39. The van der Waals surface area contributed by atoms with E-state index in [1.54, 1.807) is 11.8 Å². The van der Waals surface area contributed by atoms with Gasteiger partial charge in [-0.05, 0) is 31.6 Å². The minimum atomic E-state index is 0.185. The molecular formula is C10H20N2OS. The van der Waals surface area contributed by atoms with Crippen LogP contribution in [0.15, 0.2) is 0 Å². The molecule has 1 amide bonds. The normalized spacial score (nSPS) is 26.4. The predicted octanol–water partition coefficient (Wildman–Crippen LogP) is 0.983. The number of carbonyl (C=O) groups is 1. The highest BCUT2D eigenvalue weighted by Crippen LogP contribution is 2.24. The number of nitrogens with one attached hydrogen (secondary N) is 1. The highest BCUT2D eigenvalue weighted by atomic mass is 32.2. The predicted molar refractivity (Wildman–Crippen MR) is 61.3 cm³/mol. The topological polar surface area (TPSA) is 55.1 Å². The van der Waals surface area contributed by atoms with Crippen molar-refractivity contribution >= 4 is 17.7 Å². The van der Waals surface area contributed by atoms with Crippen LogP contribution in [0.2, 0.25) is 0 Å². The third-order valence-electron chi connectivity index (χ3n) is 2.84. The third-order valence-corrected chi connectivity index (χ3v) is 3.45. The SMILES string of the molecule is CSCCC(=O)NC1CCCC1CN. The summed E-state index contributed by atoms with van der Waals surface area (Å²) in [6.45, 7) is 0.702. The molecular weight excluding hydrogens is 196 g/mol. The highest BCUT2D eigenvalue weighted by Gasteiger charge is 2.26. The molecule has 0 saturated heterocycles. The first-order valence-corrected chi connectivity index (χ1v) is 6.65. The molecule has 0 aromatic rings. The van der Waals surface area contributed by atoms with Gasteiger partial charge in [0.25, 0.3) is 0 Å². The maximum absolute atomic E-state index is 11.5. The summed E-state index contributed by atoms with van der Waals surface area (Å²) in [6.07, 6.45) is 6.13. The molecule has 1 fully saturated rings. The first-order valence-electron chi connectivity index (χ1n) is 5.26. The number of hydrogen-bond donors (Lipinski definition) is 2. The minimum absolute atomic E-state index is 0.185. The lowest BCUT2D eigenvalue weighted by molar-refractivity contribution is -0.121. The average molecular weight is 216 g/mol. The highest BCUT2D eigenvalue weighted by molar-refractivity contribution is 7.98. The summed E-state index contributed by atoms with van der Waals surface area (Å²) in [4.78, 5) is 11.5. The zero-order valence-electron chi connectivity index (χ0n) is 8.79. The second-order valence-electron chi connectivity index (χ2n) is 3.84. The molecule has 0 radical (unpaired) electrons. The molecule has 4 heteroatoms. The van der Waals surface area contributed by atoms with Gasteiger partial charge in [0.15, 0.2) is 0 Å². The Kier molecular flexibility index (Phi) is 5.33. The Morgan fingerprint density at radius 1 is 1.57 bits per heavy atom. The molecule has 2 atom stereocenters. The molecule has 0 bridgehead atoms. The summed E-state index contributed by atoms with van der Waals surface area (Å²) in [5, 5.41) is 3.08. The van der Waals surface area contributed by atoms with Crippen molar-refractivity contribution in [3.05, 3.63) is 0 Å². The van der Waals surface area contributed by atoms with E-state index in [4.69, 9.17) is 5.73 Å². The minimum Gasteiger partial charge on any atom is -0.353 e. The molecule has 2 unspecified atom stereocenters.